The fraction of sp³-hybridized carbons (Fsp3) is 0.0526. The molecule has 27 heavy (non-hydrogen) atoms. The second kappa shape index (κ2) is 7.52. The maximum atomic E-state index is 10.7. The van der Waals surface area contributed by atoms with Crippen LogP contribution in [-0.4, -0.2) is 22.2 Å². The zero-order valence-corrected chi connectivity index (χ0v) is 14.6. The van der Waals surface area contributed by atoms with E-state index in [9.17, 15) is 9.59 Å². The first-order chi connectivity index (χ1) is 12.6. The quantitative estimate of drug-likeness (QED) is 0.373. The van der Waals surface area contributed by atoms with Crippen molar-refractivity contribution in [1.29, 1.82) is 0 Å². The number of nitrogen functional groups attached to an aromatic ring is 4. The van der Waals surface area contributed by atoms with Crippen molar-refractivity contribution in [1.82, 2.24) is 0 Å². The van der Waals surface area contributed by atoms with Gasteiger partial charge in [0.25, 0.3) is 0 Å². The molecule has 0 aliphatic carbocycles. The van der Waals surface area contributed by atoms with Crippen molar-refractivity contribution in [3.63, 3.8) is 0 Å². The lowest BCUT2D eigenvalue weighted by Gasteiger charge is -2.09. The molecule has 3 aromatic carbocycles. The Labute approximate surface area is 155 Å². The zero-order chi connectivity index (χ0) is 20.3. The molecule has 0 heterocycles. The van der Waals surface area contributed by atoms with Crippen LogP contribution >= 0.6 is 0 Å². The Morgan fingerprint density at radius 1 is 0.704 bits per heavy atom. The molecule has 0 atom stereocenters. The van der Waals surface area contributed by atoms with Gasteiger partial charge in [-0.25, -0.2) is 9.59 Å². The lowest BCUT2D eigenvalue weighted by Crippen LogP contribution is -2.04. The number of anilines is 4. The van der Waals surface area contributed by atoms with Gasteiger partial charge in [0, 0.05) is 0 Å². The van der Waals surface area contributed by atoms with Crippen LogP contribution in [0.25, 0.3) is 10.8 Å². The number of benzene rings is 3. The maximum absolute atomic E-state index is 10.7. The van der Waals surface area contributed by atoms with E-state index in [-0.39, 0.29) is 11.1 Å². The van der Waals surface area contributed by atoms with E-state index in [0.29, 0.717) is 33.5 Å². The summed E-state index contributed by atoms with van der Waals surface area (Å²) in [5.41, 5.74) is 25.4. The van der Waals surface area contributed by atoms with Gasteiger partial charge < -0.3 is 33.1 Å². The summed E-state index contributed by atoms with van der Waals surface area (Å²) in [7, 11) is 0. The summed E-state index contributed by atoms with van der Waals surface area (Å²) in [4.78, 5) is 21.5. The molecule has 0 unspecified atom stereocenters. The standard InChI is InChI=1S/C12H8O4.C7H12N4/c13-11(14)9-3-1-7-5-10(12(15)16)4-2-8(7)6-9;1-3-6(10)4(8)2-5(9)7(3)11/h1-6H,(H,13,14)(H,15,16);2H,8-11H2,1H3. The van der Waals surface area contributed by atoms with E-state index in [1.807, 2.05) is 0 Å². The van der Waals surface area contributed by atoms with Crippen molar-refractivity contribution < 1.29 is 19.8 Å². The lowest BCUT2D eigenvalue weighted by atomic mass is 10.0. The van der Waals surface area contributed by atoms with Gasteiger partial charge in [0.15, 0.2) is 0 Å². The minimum absolute atomic E-state index is 0.190. The number of aromatic carboxylic acids is 2. The predicted molar refractivity (Wildman–Crippen MR) is 107 cm³/mol. The fourth-order valence-corrected chi connectivity index (χ4v) is 2.41. The van der Waals surface area contributed by atoms with Crippen LogP contribution in [0.3, 0.4) is 0 Å². The summed E-state index contributed by atoms with van der Waals surface area (Å²) >= 11 is 0. The molecule has 0 aromatic heterocycles. The molecule has 3 aromatic rings. The van der Waals surface area contributed by atoms with Gasteiger partial charge in [-0.3, -0.25) is 0 Å². The minimum atomic E-state index is -0.996. The van der Waals surface area contributed by atoms with Crippen LogP contribution in [0, 0.1) is 6.92 Å². The Hall–Kier alpha value is -3.94. The topological polar surface area (TPSA) is 179 Å². The minimum Gasteiger partial charge on any atom is -0.478 e. The highest BCUT2D eigenvalue weighted by molar-refractivity contribution is 5.98. The maximum Gasteiger partial charge on any atom is 0.335 e. The van der Waals surface area contributed by atoms with Gasteiger partial charge in [0.05, 0.1) is 33.9 Å². The van der Waals surface area contributed by atoms with E-state index in [1.165, 1.54) is 24.3 Å². The van der Waals surface area contributed by atoms with E-state index in [4.69, 9.17) is 33.1 Å². The Morgan fingerprint density at radius 2 is 1.07 bits per heavy atom. The first kappa shape index (κ1) is 19.4. The van der Waals surface area contributed by atoms with Crippen molar-refractivity contribution in [3.05, 3.63) is 59.2 Å². The van der Waals surface area contributed by atoms with Gasteiger partial charge in [-0.05, 0) is 53.6 Å². The molecule has 0 fully saturated rings. The average Bonchev–Trinajstić information content (AvgIpc) is 2.64. The Morgan fingerprint density at radius 3 is 1.41 bits per heavy atom. The SMILES string of the molecule is Cc1c(N)c(N)cc(N)c1N.O=C(O)c1ccc2cc(C(=O)O)ccc2c1. The number of carboxylic acid groups (broad SMARTS) is 2. The Balaban J connectivity index is 0.000000208. The molecular weight excluding hydrogens is 348 g/mol. The van der Waals surface area contributed by atoms with Crippen LogP contribution in [0.5, 0.6) is 0 Å². The second-order valence-electron chi connectivity index (χ2n) is 5.89. The monoisotopic (exact) mass is 368 g/mol. The third kappa shape index (κ3) is 4.18. The lowest BCUT2D eigenvalue weighted by molar-refractivity contribution is 0.0686. The van der Waals surface area contributed by atoms with Crippen LogP contribution < -0.4 is 22.9 Å². The number of hydrogen-bond acceptors (Lipinski definition) is 6. The second-order valence-corrected chi connectivity index (χ2v) is 5.89. The molecule has 3 rings (SSSR count). The van der Waals surface area contributed by atoms with Crippen LogP contribution in [-0.2, 0) is 0 Å². The third-order valence-corrected chi connectivity index (χ3v) is 4.08. The fourth-order valence-electron chi connectivity index (χ4n) is 2.41. The summed E-state index contributed by atoms with van der Waals surface area (Å²) in [5, 5.41) is 19.0. The smallest absolute Gasteiger partial charge is 0.335 e. The highest BCUT2D eigenvalue weighted by atomic mass is 16.4. The van der Waals surface area contributed by atoms with Crippen LogP contribution in [0.4, 0.5) is 22.7 Å². The van der Waals surface area contributed by atoms with E-state index in [2.05, 4.69) is 0 Å². The van der Waals surface area contributed by atoms with Crippen molar-refractivity contribution in [3.8, 4) is 0 Å². The third-order valence-electron chi connectivity index (χ3n) is 4.08. The molecule has 0 amide bonds. The Kier molecular flexibility index (Phi) is 5.40. The largest absolute Gasteiger partial charge is 0.478 e. The van der Waals surface area contributed by atoms with Crippen molar-refractivity contribution >= 4 is 45.5 Å². The summed E-state index contributed by atoms with van der Waals surface area (Å²) in [6, 6.07) is 10.7. The van der Waals surface area contributed by atoms with E-state index in [0.717, 1.165) is 5.56 Å². The molecule has 0 bridgehead atoms. The summed E-state index contributed by atoms with van der Waals surface area (Å²) in [6.07, 6.45) is 0. The van der Waals surface area contributed by atoms with Crippen molar-refractivity contribution in [2.45, 2.75) is 6.92 Å². The molecular formula is C19H20N4O4. The number of carbonyl (C=O) groups is 2. The van der Waals surface area contributed by atoms with Crippen molar-refractivity contribution in [2.24, 2.45) is 0 Å². The van der Waals surface area contributed by atoms with Gasteiger partial charge in [0.1, 0.15) is 0 Å². The normalized spacial score (nSPS) is 10.1. The summed E-state index contributed by atoms with van der Waals surface area (Å²) in [5.74, 6) is -1.99. The van der Waals surface area contributed by atoms with E-state index >= 15 is 0 Å². The zero-order valence-electron chi connectivity index (χ0n) is 14.6. The first-order valence-corrected chi connectivity index (χ1v) is 7.81. The van der Waals surface area contributed by atoms with Crippen LogP contribution in [0.15, 0.2) is 42.5 Å². The Bertz CT molecular complexity index is 968. The molecule has 0 saturated heterocycles. The predicted octanol–water partition coefficient (Wildman–Crippen LogP) is 2.56. The van der Waals surface area contributed by atoms with Gasteiger partial charge in [-0.2, -0.15) is 0 Å². The average molecular weight is 368 g/mol. The molecule has 0 saturated carbocycles. The van der Waals surface area contributed by atoms with Gasteiger partial charge in [0.2, 0.25) is 0 Å². The summed E-state index contributed by atoms with van der Waals surface area (Å²) < 4.78 is 0. The molecule has 8 heteroatoms. The van der Waals surface area contributed by atoms with Crippen molar-refractivity contribution in [2.75, 3.05) is 22.9 Å². The van der Waals surface area contributed by atoms with Crippen LogP contribution in [0.2, 0.25) is 0 Å². The van der Waals surface area contributed by atoms with Gasteiger partial charge in [-0.1, -0.05) is 12.1 Å². The van der Waals surface area contributed by atoms with Gasteiger partial charge >= 0.3 is 11.9 Å². The number of fused-ring (bicyclic) bond motifs is 1. The number of nitrogens with two attached hydrogens (primary N) is 4. The summed E-state index contributed by atoms with van der Waals surface area (Å²) in [6.45, 7) is 1.79. The molecule has 0 aliphatic rings. The molecule has 8 nitrogen and oxygen atoms in total. The molecule has 0 spiro atoms. The number of carboxylic acids is 2. The molecule has 140 valence electrons. The highest BCUT2D eigenvalue weighted by Crippen LogP contribution is 2.30. The van der Waals surface area contributed by atoms with Crippen LogP contribution in [0.1, 0.15) is 26.3 Å². The first-order valence-electron chi connectivity index (χ1n) is 7.81. The molecule has 0 radical (unpaired) electrons. The van der Waals surface area contributed by atoms with Gasteiger partial charge in [-0.15, -0.1) is 0 Å². The van der Waals surface area contributed by atoms with E-state index < -0.39 is 11.9 Å². The molecule has 10 N–H and O–H groups in total. The number of hydrogen-bond donors (Lipinski definition) is 6. The van der Waals surface area contributed by atoms with E-state index in [1.54, 1.807) is 25.1 Å². The highest BCUT2D eigenvalue weighted by Gasteiger charge is 2.07. The molecule has 0 aliphatic heterocycles. The number of rotatable bonds is 2.